The van der Waals surface area contributed by atoms with Crippen LogP contribution in [0.25, 0.3) is 10.9 Å². The lowest BCUT2D eigenvalue weighted by Crippen LogP contribution is -2.45. The molecule has 1 heterocycles. The summed E-state index contributed by atoms with van der Waals surface area (Å²) in [5.41, 5.74) is 4.51. The Morgan fingerprint density at radius 3 is 2.38 bits per heavy atom. The lowest BCUT2D eigenvalue weighted by Gasteiger charge is -2.54. The fourth-order valence-corrected chi connectivity index (χ4v) is 6.58. The van der Waals surface area contributed by atoms with E-state index in [1.54, 1.807) is 0 Å². The van der Waals surface area contributed by atoms with Crippen LogP contribution >= 0.6 is 0 Å². The normalized spacial score (nSPS) is 34.2. The van der Waals surface area contributed by atoms with Gasteiger partial charge >= 0.3 is 0 Å². The Kier molecular flexibility index (Phi) is 3.20. The molecule has 4 fully saturated rings. The largest absolute Gasteiger partial charge is 0.360 e. The number of carbonyl (C=O) groups is 1. The number of benzene rings is 1. The van der Waals surface area contributed by atoms with Crippen molar-refractivity contribution in [1.29, 1.82) is 0 Å². The van der Waals surface area contributed by atoms with Crippen molar-refractivity contribution in [3.05, 3.63) is 35.0 Å². The summed E-state index contributed by atoms with van der Waals surface area (Å²) in [4.78, 5) is 16.5. The number of rotatable bonds is 3. The fourth-order valence-electron chi connectivity index (χ4n) is 6.58. The monoisotopic (exact) mass is 321 g/mol. The SMILES string of the molecule is Cc1cc(C)c2c(C(=O)CC3C4CC5CC(C4)CC3C5)c[nH]c2c1. The summed E-state index contributed by atoms with van der Waals surface area (Å²) in [7, 11) is 0. The molecule has 0 saturated heterocycles. The molecule has 24 heavy (non-hydrogen) atoms. The van der Waals surface area contributed by atoms with E-state index in [0.717, 1.165) is 46.6 Å². The summed E-state index contributed by atoms with van der Waals surface area (Å²) in [6, 6.07) is 4.35. The van der Waals surface area contributed by atoms with Crippen molar-refractivity contribution in [3.63, 3.8) is 0 Å². The quantitative estimate of drug-likeness (QED) is 0.751. The second-order valence-electron chi connectivity index (χ2n) is 8.93. The van der Waals surface area contributed by atoms with Gasteiger partial charge in [0.25, 0.3) is 0 Å². The summed E-state index contributed by atoms with van der Waals surface area (Å²) >= 11 is 0. The molecule has 1 aromatic carbocycles. The molecule has 0 atom stereocenters. The van der Waals surface area contributed by atoms with E-state index in [9.17, 15) is 4.79 Å². The van der Waals surface area contributed by atoms with Crippen LogP contribution in [-0.4, -0.2) is 10.8 Å². The molecule has 4 saturated carbocycles. The highest BCUT2D eigenvalue weighted by molar-refractivity contribution is 6.09. The summed E-state index contributed by atoms with van der Waals surface area (Å²) in [5.74, 6) is 4.65. The van der Waals surface area contributed by atoms with Gasteiger partial charge in [-0.15, -0.1) is 0 Å². The van der Waals surface area contributed by atoms with Crippen molar-refractivity contribution < 1.29 is 4.79 Å². The number of Topliss-reactive ketones (excluding diaryl/α,β-unsaturated/α-hetero) is 1. The first kappa shape index (κ1) is 14.7. The molecule has 2 heteroatoms. The van der Waals surface area contributed by atoms with Gasteiger partial charge < -0.3 is 4.98 Å². The molecule has 2 aromatic rings. The second kappa shape index (κ2) is 5.21. The summed E-state index contributed by atoms with van der Waals surface area (Å²) in [5, 5.41) is 1.15. The zero-order valence-corrected chi connectivity index (χ0v) is 14.8. The molecule has 1 aromatic heterocycles. The fraction of sp³-hybridized carbons (Fsp3) is 0.591. The van der Waals surface area contributed by atoms with Gasteiger partial charge in [0.05, 0.1) is 0 Å². The molecule has 126 valence electrons. The number of aromatic amines is 1. The highest BCUT2D eigenvalue weighted by Gasteiger charge is 2.48. The summed E-state index contributed by atoms with van der Waals surface area (Å²) in [6.45, 7) is 4.24. The minimum absolute atomic E-state index is 0.366. The standard InChI is InChI=1S/C22H27NO/c1-12-3-13(2)22-19(11-23-20(22)4-12)21(24)10-18-16-6-14-5-15(8-16)9-17(18)7-14/h3-4,11,14-18,23H,5-10H2,1-2H3. The van der Waals surface area contributed by atoms with Gasteiger partial charge in [-0.2, -0.15) is 0 Å². The third-order valence-corrected chi connectivity index (χ3v) is 7.26. The van der Waals surface area contributed by atoms with Gasteiger partial charge in [0, 0.05) is 29.1 Å². The van der Waals surface area contributed by atoms with Crippen molar-refractivity contribution in [2.24, 2.45) is 29.6 Å². The smallest absolute Gasteiger partial charge is 0.165 e. The van der Waals surface area contributed by atoms with Gasteiger partial charge in [-0.25, -0.2) is 0 Å². The van der Waals surface area contributed by atoms with Gasteiger partial charge in [-0.05, 0) is 92.7 Å². The minimum Gasteiger partial charge on any atom is -0.360 e. The Bertz CT molecular complexity index is 787. The summed E-state index contributed by atoms with van der Waals surface area (Å²) < 4.78 is 0. The molecule has 0 unspecified atom stereocenters. The molecule has 4 aliphatic carbocycles. The van der Waals surface area contributed by atoms with Crippen LogP contribution in [0.3, 0.4) is 0 Å². The third-order valence-electron chi connectivity index (χ3n) is 7.26. The number of hydrogen-bond acceptors (Lipinski definition) is 1. The van der Waals surface area contributed by atoms with Gasteiger partial charge in [0.2, 0.25) is 0 Å². The van der Waals surface area contributed by atoms with Crippen LogP contribution < -0.4 is 0 Å². The topological polar surface area (TPSA) is 32.9 Å². The molecule has 4 aliphatic rings. The van der Waals surface area contributed by atoms with Gasteiger partial charge in [-0.3, -0.25) is 4.79 Å². The first-order valence-corrected chi connectivity index (χ1v) is 9.70. The molecular formula is C22H27NO. The number of aromatic nitrogens is 1. The summed E-state index contributed by atoms with van der Waals surface area (Å²) in [6.07, 6.45) is 9.81. The maximum absolute atomic E-state index is 13.1. The Morgan fingerprint density at radius 1 is 1.04 bits per heavy atom. The van der Waals surface area contributed by atoms with Crippen LogP contribution in [0, 0.1) is 43.4 Å². The average molecular weight is 321 g/mol. The molecule has 0 aliphatic heterocycles. The maximum atomic E-state index is 13.1. The van der Waals surface area contributed by atoms with E-state index < -0.39 is 0 Å². The number of ketones is 1. The van der Waals surface area contributed by atoms with Crippen LogP contribution in [0.15, 0.2) is 18.3 Å². The Morgan fingerprint density at radius 2 is 1.71 bits per heavy atom. The molecule has 6 rings (SSSR count). The van der Waals surface area contributed by atoms with E-state index in [-0.39, 0.29) is 0 Å². The second-order valence-corrected chi connectivity index (χ2v) is 8.93. The molecular weight excluding hydrogens is 294 g/mol. The van der Waals surface area contributed by atoms with Crippen molar-refractivity contribution >= 4 is 16.7 Å². The van der Waals surface area contributed by atoms with E-state index in [2.05, 4.69) is 31.0 Å². The van der Waals surface area contributed by atoms with Gasteiger partial charge in [-0.1, -0.05) is 6.07 Å². The van der Waals surface area contributed by atoms with E-state index in [1.807, 2.05) is 6.20 Å². The highest BCUT2D eigenvalue weighted by atomic mass is 16.1. The van der Waals surface area contributed by atoms with E-state index >= 15 is 0 Å². The predicted octanol–water partition coefficient (Wildman–Crippen LogP) is 5.43. The van der Waals surface area contributed by atoms with Crippen LogP contribution in [0.5, 0.6) is 0 Å². The maximum Gasteiger partial charge on any atom is 0.165 e. The third kappa shape index (κ3) is 2.18. The first-order valence-electron chi connectivity index (χ1n) is 9.70. The molecule has 0 radical (unpaired) electrons. The molecule has 0 amide bonds. The van der Waals surface area contributed by atoms with Crippen molar-refractivity contribution in [1.82, 2.24) is 4.98 Å². The predicted molar refractivity (Wildman–Crippen MR) is 97.3 cm³/mol. The molecule has 1 N–H and O–H groups in total. The number of hydrogen-bond donors (Lipinski definition) is 1. The minimum atomic E-state index is 0.366. The number of aryl methyl sites for hydroxylation is 2. The lowest BCUT2D eigenvalue weighted by molar-refractivity contribution is -0.0366. The van der Waals surface area contributed by atoms with Crippen molar-refractivity contribution in [3.8, 4) is 0 Å². The number of carbonyl (C=O) groups excluding carboxylic acids is 1. The highest BCUT2D eigenvalue weighted by Crippen LogP contribution is 2.57. The zero-order valence-electron chi connectivity index (χ0n) is 14.8. The lowest BCUT2D eigenvalue weighted by atomic mass is 9.51. The molecule has 2 nitrogen and oxygen atoms in total. The first-order chi connectivity index (χ1) is 11.6. The Labute approximate surface area is 144 Å². The number of H-pyrrole nitrogens is 1. The van der Waals surface area contributed by atoms with E-state index in [4.69, 9.17) is 0 Å². The average Bonchev–Trinajstić information content (AvgIpc) is 2.94. The molecule has 4 bridgehead atoms. The Balaban J connectivity index is 1.43. The van der Waals surface area contributed by atoms with Crippen molar-refractivity contribution in [2.75, 3.05) is 0 Å². The van der Waals surface area contributed by atoms with Gasteiger partial charge in [0.15, 0.2) is 5.78 Å². The van der Waals surface area contributed by atoms with Crippen LogP contribution in [0.4, 0.5) is 0 Å². The van der Waals surface area contributed by atoms with Crippen molar-refractivity contribution in [2.45, 2.75) is 52.4 Å². The zero-order chi connectivity index (χ0) is 16.4. The van der Waals surface area contributed by atoms with Crippen LogP contribution in [0.2, 0.25) is 0 Å². The van der Waals surface area contributed by atoms with Gasteiger partial charge in [0.1, 0.15) is 0 Å². The van der Waals surface area contributed by atoms with Crippen LogP contribution in [-0.2, 0) is 0 Å². The molecule has 0 spiro atoms. The number of nitrogens with one attached hydrogen (secondary N) is 1. The van der Waals surface area contributed by atoms with Crippen LogP contribution in [0.1, 0.15) is 60.0 Å². The van der Waals surface area contributed by atoms with E-state index in [1.165, 1.54) is 43.2 Å². The van der Waals surface area contributed by atoms with E-state index in [0.29, 0.717) is 11.7 Å². The Hall–Kier alpha value is -1.57. The number of fused-ring (bicyclic) bond motifs is 1.